The van der Waals surface area contributed by atoms with Crippen molar-refractivity contribution in [1.82, 2.24) is 0 Å². The first-order valence-electron chi connectivity index (χ1n) is 6.68. The van der Waals surface area contributed by atoms with Gasteiger partial charge >= 0.3 is 0 Å². The van der Waals surface area contributed by atoms with Crippen molar-refractivity contribution in [2.75, 3.05) is 29.6 Å². The Balaban J connectivity index is 2.22. The third kappa shape index (κ3) is 3.46. The van der Waals surface area contributed by atoms with Gasteiger partial charge in [-0.15, -0.1) is 0 Å². The van der Waals surface area contributed by atoms with Crippen molar-refractivity contribution < 1.29 is 13.2 Å². The molecule has 0 radical (unpaired) electrons. The summed E-state index contributed by atoms with van der Waals surface area (Å²) in [5, 5.41) is 0. The molecule has 0 bridgehead atoms. The lowest BCUT2D eigenvalue weighted by Crippen LogP contribution is -2.27. The Morgan fingerprint density at radius 1 is 0.864 bits per heavy atom. The Hall–Kier alpha value is -2.34. The average Bonchev–Trinajstić information content (AvgIpc) is 2.53. The van der Waals surface area contributed by atoms with Crippen LogP contribution in [-0.2, 0) is 10.0 Å². The minimum Gasteiger partial charge on any atom is -0.311 e. The molecule has 0 fully saturated rings. The number of carbonyl (C=O) groups is 1. The van der Waals surface area contributed by atoms with Gasteiger partial charge in [0.2, 0.25) is 10.0 Å². The topological polar surface area (TPSA) is 57.7 Å². The second kappa shape index (κ2) is 6.19. The highest BCUT2D eigenvalue weighted by Crippen LogP contribution is 2.22. The maximum atomic E-state index is 12.3. The van der Waals surface area contributed by atoms with E-state index in [1.165, 1.54) is 16.3 Å². The zero-order chi connectivity index (χ0) is 16.3. The van der Waals surface area contributed by atoms with Crippen molar-refractivity contribution >= 4 is 27.3 Å². The molecule has 0 spiro atoms. The number of sulfonamides is 1. The molecule has 2 aromatic carbocycles. The van der Waals surface area contributed by atoms with Gasteiger partial charge < -0.3 is 4.90 Å². The van der Waals surface area contributed by atoms with E-state index >= 15 is 0 Å². The van der Waals surface area contributed by atoms with Crippen LogP contribution in [0.1, 0.15) is 10.4 Å². The lowest BCUT2D eigenvalue weighted by molar-refractivity contribution is 0.0993. The van der Waals surface area contributed by atoms with Crippen molar-refractivity contribution in [3.8, 4) is 0 Å². The molecule has 0 aliphatic carbocycles. The predicted molar refractivity (Wildman–Crippen MR) is 88.9 cm³/mol. The summed E-state index contributed by atoms with van der Waals surface area (Å²) in [4.78, 5) is 13.9. The summed E-state index contributed by atoms with van der Waals surface area (Å²) in [6.45, 7) is 0. The third-order valence-electron chi connectivity index (χ3n) is 3.42. The molecule has 0 saturated heterocycles. The van der Waals surface area contributed by atoms with E-state index in [0.717, 1.165) is 6.26 Å². The van der Waals surface area contributed by atoms with Gasteiger partial charge in [-0.2, -0.15) is 0 Å². The minimum atomic E-state index is -3.30. The van der Waals surface area contributed by atoms with E-state index in [1.807, 2.05) is 18.2 Å². The van der Waals surface area contributed by atoms with Gasteiger partial charge in [0.1, 0.15) is 0 Å². The van der Waals surface area contributed by atoms with Crippen molar-refractivity contribution in [3.63, 3.8) is 0 Å². The molecule has 0 heterocycles. The normalized spacial score (nSPS) is 11.0. The van der Waals surface area contributed by atoms with Gasteiger partial charge in [-0.1, -0.05) is 18.2 Å². The number of anilines is 2. The molecule has 0 atom stereocenters. The Morgan fingerprint density at radius 2 is 1.36 bits per heavy atom. The zero-order valence-corrected chi connectivity index (χ0v) is 13.5. The SMILES string of the molecule is CN(C(=O)c1ccccc1)c1ccc(N(C)S(C)(=O)=O)cc1. The molecule has 116 valence electrons. The number of carbonyl (C=O) groups excluding carboxylic acids is 1. The van der Waals surface area contributed by atoms with Crippen LogP contribution in [0.2, 0.25) is 0 Å². The maximum Gasteiger partial charge on any atom is 0.258 e. The highest BCUT2D eigenvalue weighted by molar-refractivity contribution is 7.92. The van der Waals surface area contributed by atoms with Crippen LogP contribution in [0, 0.1) is 0 Å². The van der Waals surface area contributed by atoms with Crippen LogP contribution in [0.5, 0.6) is 0 Å². The largest absolute Gasteiger partial charge is 0.311 e. The van der Waals surface area contributed by atoms with Gasteiger partial charge in [0, 0.05) is 25.3 Å². The molecule has 1 amide bonds. The Kier molecular flexibility index (Phi) is 4.51. The molecule has 2 rings (SSSR count). The summed E-state index contributed by atoms with van der Waals surface area (Å²) >= 11 is 0. The van der Waals surface area contributed by atoms with Crippen LogP contribution in [0.25, 0.3) is 0 Å². The second-order valence-corrected chi connectivity index (χ2v) is 6.99. The minimum absolute atomic E-state index is 0.121. The number of benzene rings is 2. The molecule has 0 N–H and O–H groups in total. The summed E-state index contributed by atoms with van der Waals surface area (Å²) < 4.78 is 24.2. The Labute approximate surface area is 130 Å². The summed E-state index contributed by atoms with van der Waals surface area (Å²) in [5.41, 5.74) is 1.84. The maximum absolute atomic E-state index is 12.3. The van der Waals surface area contributed by atoms with E-state index in [1.54, 1.807) is 43.4 Å². The molecular formula is C16H18N2O3S. The van der Waals surface area contributed by atoms with E-state index in [0.29, 0.717) is 16.9 Å². The molecular weight excluding hydrogens is 300 g/mol. The van der Waals surface area contributed by atoms with E-state index in [9.17, 15) is 13.2 Å². The number of rotatable bonds is 4. The van der Waals surface area contributed by atoms with Crippen LogP contribution >= 0.6 is 0 Å². The first-order chi connectivity index (χ1) is 10.3. The molecule has 6 heteroatoms. The van der Waals surface area contributed by atoms with Crippen LogP contribution in [0.15, 0.2) is 54.6 Å². The van der Waals surface area contributed by atoms with Gasteiger partial charge in [-0.25, -0.2) is 8.42 Å². The lowest BCUT2D eigenvalue weighted by atomic mass is 10.2. The van der Waals surface area contributed by atoms with Gasteiger partial charge in [0.05, 0.1) is 11.9 Å². The van der Waals surface area contributed by atoms with Gasteiger partial charge in [0.25, 0.3) is 5.91 Å². The first-order valence-corrected chi connectivity index (χ1v) is 8.52. The molecule has 0 aliphatic rings. The van der Waals surface area contributed by atoms with Crippen LogP contribution in [0.4, 0.5) is 11.4 Å². The highest BCUT2D eigenvalue weighted by atomic mass is 32.2. The molecule has 5 nitrogen and oxygen atoms in total. The summed E-state index contributed by atoms with van der Waals surface area (Å²) in [7, 11) is -0.121. The molecule has 22 heavy (non-hydrogen) atoms. The second-order valence-electron chi connectivity index (χ2n) is 4.98. The van der Waals surface area contributed by atoms with E-state index in [2.05, 4.69) is 0 Å². The monoisotopic (exact) mass is 318 g/mol. The van der Waals surface area contributed by atoms with Crippen LogP contribution in [0.3, 0.4) is 0 Å². The molecule has 0 aromatic heterocycles. The summed E-state index contributed by atoms with van der Waals surface area (Å²) in [6, 6.07) is 15.8. The summed E-state index contributed by atoms with van der Waals surface area (Å²) in [6.07, 6.45) is 1.14. The van der Waals surface area contributed by atoms with Crippen molar-refractivity contribution in [2.45, 2.75) is 0 Å². The van der Waals surface area contributed by atoms with E-state index in [4.69, 9.17) is 0 Å². The fraction of sp³-hybridized carbons (Fsp3) is 0.188. The fourth-order valence-corrected chi connectivity index (χ4v) is 2.47. The predicted octanol–water partition coefficient (Wildman–Crippen LogP) is 2.36. The van der Waals surface area contributed by atoms with Crippen molar-refractivity contribution in [2.24, 2.45) is 0 Å². The fourth-order valence-electron chi connectivity index (χ4n) is 1.97. The van der Waals surface area contributed by atoms with Gasteiger partial charge in [0.15, 0.2) is 0 Å². The molecule has 0 saturated carbocycles. The number of hydrogen-bond acceptors (Lipinski definition) is 3. The summed E-state index contributed by atoms with van der Waals surface area (Å²) in [5.74, 6) is -0.121. The molecule has 2 aromatic rings. The first kappa shape index (κ1) is 16.0. The van der Waals surface area contributed by atoms with Crippen LogP contribution < -0.4 is 9.21 Å². The standard InChI is InChI=1S/C16H18N2O3S/c1-17(16(19)13-7-5-4-6-8-13)14-9-11-15(12-10-14)18(2)22(3,20)21/h4-12H,1-3H3. The van der Waals surface area contributed by atoms with Gasteiger partial charge in [-0.05, 0) is 36.4 Å². The number of amides is 1. The van der Waals surface area contributed by atoms with Gasteiger partial charge in [-0.3, -0.25) is 9.10 Å². The van der Waals surface area contributed by atoms with Crippen LogP contribution in [-0.4, -0.2) is 34.7 Å². The lowest BCUT2D eigenvalue weighted by Gasteiger charge is -2.20. The number of nitrogens with zero attached hydrogens (tertiary/aromatic N) is 2. The van der Waals surface area contributed by atoms with E-state index < -0.39 is 10.0 Å². The quantitative estimate of drug-likeness (QED) is 0.869. The van der Waals surface area contributed by atoms with E-state index in [-0.39, 0.29) is 5.91 Å². The smallest absolute Gasteiger partial charge is 0.258 e. The zero-order valence-electron chi connectivity index (χ0n) is 12.7. The average molecular weight is 318 g/mol. The number of hydrogen-bond donors (Lipinski definition) is 0. The van der Waals surface area contributed by atoms with Crippen molar-refractivity contribution in [3.05, 3.63) is 60.2 Å². The Morgan fingerprint density at radius 3 is 1.86 bits per heavy atom. The third-order valence-corrected chi connectivity index (χ3v) is 4.63. The molecule has 0 unspecified atom stereocenters. The Bertz CT molecular complexity index is 756. The van der Waals surface area contributed by atoms with Crippen molar-refractivity contribution in [1.29, 1.82) is 0 Å². The molecule has 0 aliphatic heterocycles. The highest BCUT2D eigenvalue weighted by Gasteiger charge is 2.15.